The fourth-order valence-electron chi connectivity index (χ4n) is 2.20. The van der Waals surface area contributed by atoms with Gasteiger partial charge in [0, 0.05) is 17.8 Å². The van der Waals surface area contributed by atoms with Crippen molar-refractivity contribution >= 4 is 11.6 Å². The lowest BCUT2D eigenvalue weighted by Gasteiger charge is -2.12. The number of carbonyl (C=O) groups excluding carboxylic acids is 1. The summed E-state index contributed by atoms with van der Waals surface area (Å²) >= 11 is 0. The normalized spacial score (nSPS) is 12.3. The van der Waals surface area contributed by atoms with Crippen molar-refractivity contribution in [3.05, 3.63) is 41.5 Å². The molecule has 0 fully saturated rings. The van der Waals surface area contributed by atoms with Crippen molar-refractivity contribution in [2.24, 2.45) is 0 Å². The van der Waals surface area contributed by atoms with Crippen molar-refractivity contribution < 1.29 is 22.7 Å². The molecule has 0 aliphatic rings. The van der Waals surface area contributed by atoms with Gasteiger partial charge in [0.1, 0.15) is 5.82 Å². The Kier molecular flexibility index (Phi) is 5.48. The van der Waals surface area contributed by atoms with Crippen LogP contribution >= 0.6 is 0 Å². The molecule has 1 heterocycles. The van der Waals surface area contributed by atoms with E-state index in [0.29, 0.717) is 0 Å². The molecule has 1 aromatic heterocycles. The number of hydrogen-bond acceptors (Lipinski definition) is 3. The van der Waals surface area contributed by atoms with E-state index in [9.17, 15) is 18.0 Å². The largest absolute Gasteiger partial charge is 0.432 e. The summed E-state index contributed by atoms with van der Waals surface area (Å²) in [5, 5.41) is 6.64. The van der Waals surface area contributed by atoms with Gasteiger partial charge in [-0.2, -0.15) is 13.9 Å². The Morgan fingerprint density at radius 2 is 2.08 bits per heavy atom. The van der Waals surface area contributed by atoms with E-state index in [1.54, 1.807) is 10.7 Å². The number of alkyl halides is 2. The molecule has 2 rings (SSSR count). The number of aryl methyl sites for hydroxylation is 1. The van der Waals surface area contributed by atoms with E-state index in [0.717, 1.165) is 30.3 Å². The third kappa shape index (κ3) is 4.06. The third-order valence-electron chi connectivity index (χ3n) is 3.57. The number of rotatable bonds is 6. The summed E-state index contributed by atoms with van der Waals surface area (Å²) in [6.45, 7) is 2.65. The molecule has 1 amide bonds. The number of ether oxygens (including phenoxy) is 1. The van der Waals surface area contributed by atoms with Crippen LogP contribution in [0.3, 0.4) is 0 Å². The second-order valence-corrected chi connectivity index (χ2v) is 5.35. The molecule has 1 atom stereocenters. The second-order valence-electron chi connectivity index (χ2n) is 5.35. The van der Waals surface area contributed by atoms with Crippen molar-refractivity contribution in [2.45, 2.75) is 39.8 Å². The maximum absolute atomic E-state index is 13.2. The van der Waals surface area contributed by atoms with E-state index in [1.165, 1.54) is 0 Å². The van der Waals surface area contributed by atoms with Gasteiger partial charge in [-0.05, 0) is 38.5 Å². The molecule has 5 nitrogen and oxygen atoms in total. The quantitative estimate of drug-likeness (QED) is 0.858. The molecular weight excluding hydrogens is 323 g/mol. The summed E-state index contributed by atoms with van der Waals surface area (Å²) in [5.74, 6) is -1.79. The van der Waals surface area contributed by atoms with Crippen LogP contribution in [0.15, 0.2) is 24.3 Å². The molecule has 0 saturated heterocycles. The van der Waals surface area contributed by atoms with Gasteiger partial charge in [-0.1, -0.05) is 6.92 Å². The number of benzene rings is 1. The molecule has 24 heavy (non-hydrogen) atoms. The first-order valence-corrected chi connectivity index (χ1v) is 7.43. The lowest BCUT2D eigenvalue weighted by Crippen LogP contribution is -2.16. The highest BCUT2D eigenvalue weighted by Crippen LogP contribution is 2.27. The molecule has 0 bridgehead atoms. The van der Waals surface area contributed by atoms with Gasteiger partial charge in [0.15, 0.2) is 11.4 Å². The predicted octanol–water partition coefficient (Wildman–Crippen LogP) is 4.16. The van der Waals surface area contributed by atoms with Crippen LogP contribution in [0.5, 0.6) is 5.75 Å². The van der Waals surface area contributed by atoms with Gasteiger partial charge in [0.25, 0.3) is 5.91 Å². The summed E-state index contributed by atoms with van der Waals surface area (Å²) in [7, 11) is 0. The van der Waals surface area contributed by atoms with E-state index in [4.69, 9.17) is 0 Å². The monoisotopic (exact) mass is 341 g/mol. The second kappa shape index (κ2) is 7.37. The topological polar surface area (TPSA) is 56.2 Å². The van der Waals surface area contributed by atoms with E-state index in [1.807, 2.05) is 20.8 Å². The number of carbonyl (C=O) groups is 1. The van der Waals surface area contributed by atoms with E-state index < -0.39 is 24.1 Å². The Hall–Kier alpha value is -2.51. The van der Waals surface area contributed by atoms with Gasteiger partial charge < -0.3 is 10.1 Å². The number of nitrogens with one attached hydrogen (secondary N) is 1. The van der Waals surface area contributed by atoms with Crippen molar-refractivity contribution in [3.63, 3.8) is 0 Å². The maximum Gasteiger partial charge on any atom is 0.387 e. The number of anilines is 1. The zero-order chi connectivity index (χ0) is 17.9. The Balaban J connectivity index is 2.24. The number of nitrogens with zero attached hydrogens (tertiary/aromatic N) is 2. The van der Waals surface area contributed by atoms with Gasteiger partial charge in [0.2, 0.25) is 0 Å². The first-order valence-electron chi connectivity index (χ1n) is 7.43. The maximum atomic E-state index is 13.2. The highest BCUT2D eigenvalue weighted by Gasteiger charge is 2.18. The zero-order valence-electron chi connectivity index (χ0n) is 13.5. The van der Waals surface area contributed by atoms with Crippen molar-refractivity contribution in [1.29, 1.82) is 0 Å². The molecule has 0 unspecified atom stereocenters. The minimum atomic E-state index is -3.13. The summed E-state index contributed by atoms with van der Waals surface area (Å²) in [4.78, 5) is 12.3. The summed E-state index contributed by atoms with van der Waals surface area (Å²) in [6, 6.07) is 4.69. The van der Waals surface area contributed by atoms with Crippen LogP contribution in [0.4, 0.5) is 18.9 Å². The van der Waals surface area contributed by atoms with E-state index in [-0.39, 0.29) is 17.4 Å². The molecule has 0 saturated carbocycles. The first kappa shape index (κ1) is 17.8. The molecule has 1 aromatic carbocycles. The molecule has 8 heteroatoms. The van der Waals surface area contributed by atoms with Gasteiger partial charge in [-0.15, -0.1) is 0 Å². The van der Waals surface area contributed by atoms with Crippen LogP contribution in [0, 0.1) is 12.7 Å². The van der Waals surface area contributed by atoms with Crippen LogP contribution < -0.4 is 10.1 Å². The van der Waals surface area contributed by atoms with E-state index >= 15 is 0 Å². The van der Waals surface area contributed by atoms with E-state index in [2.05, 4.69) is 15.2 Å². The Labute approximate surface area is 137 Å². The summed E-state index contributed by atoms with van der Waals surface area (Å²) in [6.07, 6.45) is 0.841. The van der Waals surface area contributed by atoms with Crippen molar-refractivity contribution in [1.82, 2.24) is 9.78 Å². The average Bonchev–Trinajstić information content (AvgIpc) is 2.90. The summed E-state index contributed by atoms with van der Waals surface area (Å²) in [5.41, 5.74) is 0.884. The first-order chi connectivity index (χ1) is 11.3. The Morgan fingerprint density at radius 3 is 2.71 bits per heavy atom. The highest BCUT2D eigenvalue weighted by molar-refractivity contribution is 6.03. The predicted molar refractivity (Wildman–Crippen MR) is 83.0 cm³/mol. The lowest BCUT2D eigenvalue weighted by molar-refractivity contribution is -0.0495. The molecular formula is C16H18F3N3O2. The highest BCUT2D eigenvalue weighted by atomic mass is 19.3. The molecule has 1 N–H and O–H groups in total. The lowest BCUT2D eigenvalue weighted by atomic mass is 10.2. The van der Waals surface area contributed by atoms with Crippen LogP contribution in [-0.4, -0.2) is 22.3 Å². The molecule has 0 aliphatic heterocycles. The van der Waals surface area contributed by atoms with Crippen LogP contribution in [-0.2, 0) is 0 Å². The van der Waals surface area contributed by atoms with Gasteiger partial charge in [-0.25, -0.2) is 4.39 Å². The fraction of sp³-hybridized carbons (Fsp3) is 0.375. The molecule has 2 aromatic rings. The molecule has 130 valence electrons. The van der Waals surface area contributed by atoms with Crippen molar-refractivity contribution in [2.75, 3.05) is 5.32 Å². The standard InChI is InChI=1S/C16H18F3N3O2/c1-4-9(2)22-10(3)7-13(21-22)15(23)20-12-6-5-11(17)8-14(12)24-16(18)19/h5-9,16H,4H2,1-3H3,(H,20,23)/t9-/m0/s1. The third-order valence-corrected chi connectivity index (χ3v) is 3.57. The number of halogens is 3. The molecule has 0 aliphatic carbocycles. The number of hydrogen-bond donors (Lipinski definition) is 1. The SMILES string of the molecule is CC[C@H](C)n1nc(C(=O)Nc2ccc(F)cc2OC(F)F)cc1C. The number of amides is 1. The van der Waals surface area contributed by atoms with Crippen LogP contribution in [0.2, 0.25) is 0 Å². The Morgan fingerprint density at radius 1 is 1.38 bits per heavy atom. The van der Waals surface area contributed by atoms with Gasteiger partial charge in [0.05, 0.1) is 5.69 Å². The van der Waals surface area contributed by atoms with Gasteiger partial charge in [-0.3, -0.25) is 9.48 Å². The molecule has 0 spiro atoms. The summed E-state index contributed by atoms with van der Waals surface area (Å²) < 4.78 is 43.9. The zero-order valence-corrected chi connectivity index (χ0v) is 13.5. The van der Waals surface area contributed by atoms with Gasteiger partial charge >= 0.3 is 6.61 Å². The minimum Gasteiger partial charge on any atom is -0.432 e. The minimum absolute atomic E-state index is 0.0579. The smallest absolute Gasteiger partial charge is 0.387 e. The van der Waals surface area contributed by atoms with Crippen molar-refractivity contribution in [3.8, 4) is 5.75 Å². The fourth-order valence-corrected chi connectivity index (χ4v) is 2.20. The molecule has 0 radical (unpaired) electrons. The number of aromatic nitrogens is 2. The van der Waals surface area contributed by atoms with Crippen LogP contribution in [0.25, 0.3) is 0 Å². The van der Waals surface area contributed by atoms with Crippen LogP contribution in [0.1, 0.15) is 42.5 Å². The Bertz CT molecular complexity index is 731. The average molecular weight is 341 g/mol.